The normalized spacial score (nSPS) is 11.8. The molecule has 0 spiro atoms. The van der Waals surface area contributed by atoms with Crippen LogP contribution in [0.15, 0.2) is 18.2 Å². The van der Waals surface area contributed by atoms with Crippen LogP contribution in [0.5, 0.6) is 5.75 Å². The SMILES string of the molecule is COc1cc(C(=O)NCCCC(C)CO)ccc1[N+](=O)[O-]. The number of nitrogens with one attached hydrogen (secondary N) is 1. The fraction of sp³-hybridized carbons (Fsp3) is 0.500. The molecular weight excluding hydrogens is 276 g/mol. The highest BCUT2D eigenvalue weighted by atomic mass is 16.6. The quantitative estimate of drug-likeness (QED) is 0.432. The second-order valence-electron chi connectivity index (χ2n) is 4.83. The zero-order valence-corrected chi connectivity index (χ0v) is 12.2. The van der Waals surface area contributed by atoms with Crippen molar-refractivity contribution in [2.24, 2.45) is 5.92 Å². The summed E-state index contributed by atoms with van der Waals surface area (Å²) in [5.74, 6) is -0.0391. The molecule has 0 aliphatic heterocycles. The summed E-state index contributed by atoms with van der Waals surface area (Å²) in [6.07, 6.45) is 1.58. The number of carbonyl (C=O) groups excluding carboxylic acids is 1. The number of rotatable bonds is 8. The molecule has 1 aromatic rings. The Hall–Kier alpha value is -2.15. The minimum absolute atomic E-state index is 0.0570. The highest BCUT2D eigenvalue weighted by Crippen LogP contribution is 2.27. The van der Waals surface area contributed by atoms with Crippen molar-refractivity contribution in [2.75, 3.05) is 20.3 Å². The molecule has 1 unspecified atom stereocenters. The molecule has 0 saturated heterocycles. The van der Waals surface area contributed by atoms with Gasteiger partial charge in [-0.15, -0.1) is 0 Å². The van der Waals surface area contributed by atoms with Crippen molar-refractivity contribution in [3.63, 3.8) is 0 Å². The highest BCUT2D eigenvalue weighted by molar-refractivity contribution is 5.95. The molecule has 1 aromatic carbocycles. The van der Waals surface area contributed by atoms with Crippen molar-refractivity contribution >= 4 is 11.6 Å². The fourth-order valence-corrected chi connectivity index (χ4v) is 1.82. The summed E-state index contributed by atoms with van der Waals surface area (Å²) < 4.78 is 4.92. The van der Waals surface area contributed by atoms with E-state index in [4.69, 9.17) is 9.84 Å². The summed E-state index contributed by atoms with van der Waals surface area (Å²) in [6, 6.07) is 4.00. The number of nitro groups is 1. The van der Waals surface area contributed by atoms with Crippen molar-refractivity contribution in [1.29, 1.82) is 0 Å². The Morgan fingerprint density at radius 1 is 1.52 bits per heavy atom. The van der Waals surface area contributed by atoms with Crippen molar-refractivity contribution in [2.45, 2.75) is 19.8 Å². The van der Waals surface area contributed by atoms with E-state index in [1.165, 1.54) is 25.3 Å². The van der Waals surface area contributed by atoms with Crippen LogP contribution in [0.1, 0.15) is 30.1 Å². The Kier molecular flexibility index (Phi) is 6.61. The number of benzene rings is 1. The maximum absolute atomic E-state index is 11.9. The number of nitrogens with zero attached hydrogens (tertiary/aromatic N) is 1. The molecule has 116 valence electrons. The van der Waals surface area contributed by atoms with Crippen molar-refractivity contribution < 1.29 is 19.6 Å². The predicted octanol–water partition coefficient (Wildman–Crippen LogP) is 1.74. The second-order valence-corrected chi connectivity index (χ2v) is 4.83. The van der Waals surface area contributed by atoms with Crippen LogP contribution in [0.25, 0.3) is 0 Å². The first-order valence-electron chi connectivity index (χ1n) is 6.71. The molecule has 0 aliphatic carbocycles. The summed E-state index contributed by atoms with van der Waals surface area (Å²) in [5.41, 5.74) is 0.137. The maximum atomic E-state index is 11.9. The second kappa shape index (κ2) is 8.21. The zero-order chi connectivity index (χ0) is 15.8. The third-order valence-electron chi connectivity index (χ3n) is 3.11. The number of hydrogen-bond donors (Lipinski definition) is 2. The fourth-order valence-electron chi connectivity index (χ4n) is 1.82. The third-order valence-corrected chi connectivity index (χ3v) is 3.11. The first kappa shape index (κ1) is 16.9. The molecule has 1 atom stereocenters. The Bertz CT molecular complexity index is 504. The van der Waals surface area contributed by atoms with Crippen molar-refractivity contribution in [1.82, 2.24) is 5.32 Å². The number of ether oxygens (including phenoxy) is 1. The minimum Gasteiger partial charge on any atom is -0.490 e. The van der Waals surface area contributed by atoms with E-state index in [2.05, 4.69) is 5.32 Å². The first-order chi connectivity index (χ1) is 9.99. The van der Waals surface area contributed by atoms with Gasteiger partial charge >= 0.3 is 5.69 Å². The van der Waals surface area contributed by atoms with Crippen molar-refractivity contribution in [3.8, 4) is 5.75 Å². The van der Waals surface area contributed by atoms with Crippen molar-refractivity contribution in [3.05, 3.63) is 33.9 Å². The molecule has 0 aromatic heterocycles. The topological polar surface area (TPSA) is 102 Å². The van der Waals surface area contributed by atoms with Gasteiger partial charge in [0.15, 0.2) is 5.75 Å². The van der Waals surface area contributed by atoms with Gasteiger partial charge in [-0.1, -0.05) is 6.92 Å². The van der Waals surface area contributed by atoms with E-state index in [0.29, 0.717) is 12.1 Å². The van der Waals surface area contributed by atoms with E-state index in [-0.39, 0.29) is 29.9 Å². The number of nitro benzene ring substituents is 1. The van der Waals surface area contributed by atoms with Crippen LogP contribution < -0.4 is 10.1 Å². The molecular formula is C14H20N2O5. The molecule has 7 nitrogen and oxygen atoms in total. The Labute approximate surface area is 123 Å². The third kappa shape index (κ3) is 5.03. The highest BCUT2D eigenvalue weighted by Gasteiger charge is 2.17. The van der Waals surface area contributed by atoms with Gasteiger partial charge in [-0.25, -0.2) is 0 Å². The van der Waals surface area contributed by atoms with Crippen LogP contribution >= 0.6 is 0 Å². The van der Waals surface area contributed by atoms with Crippen LogP contribution in [0.3, 0.4) is 0 Å². The summed E-state index contributed by atoms with van der Waals surface area (Å²) in [4.78, 5) is 22.1. The van der Waals surface area contributed by atoms with Gasteiger partial charge in [0.05, 0.1) is 12.0 Å². The number of amides is 1. The molecule has 0 fully saturated rings. The molecule has 0 saturated carbocycles. The zero-order valence-electron chi connectivity index (χ0n) is 12.2. The van der Waals surface area contributed by atoms with Gasteiger partial charge in [0, 0.05) is 30.8 Å². The van der Waals surface area contributed by atoms with Gasteiger partial charge < -0.3 is 15.2 Å². The lowest BCUT2D eigenvalue weighted by molar-refractivity contribution is -0.385. The van der Waals surface area contributed by atoms with E-state index in [1.54, 1.807) is 0 Å². The largest absolute Gasteiger partial charge is 0.490 e. The van der Waals surface area contributed by atoms with Crippen LogP contribution in [0.4, 0.5) is 5.69 Å². The van der Waals surface area contributed by atoms with Gasteiger partial charge in [-0.05, 0) is 24.8 Å². The van der Waals surface area contributed by atoms with Gasteiger partial charge in [-0.3, -0.25) is 14.9 Å². The molecule has 2 N–H and O–H groups in total. The number of aliphatic hydroxyl groups excluding tert-OH is 1. The molecule has 0 heterocycles. The Morgan fingerprint density at radius 3 is 2.81 bits per heavy atom. The molecule has 1 amide bonds. The molecule has 0 bridgehead atoms. The van der Waals surface area contributed by atoms with E-state index >= 15 is 0 Å². The van der Waals surface area contributed by atoms with Gasteiger partial charge in [0.2, 0.25) is 0 Å². The van der Waals surface area contributed by atoms with E-state index in [0.717, 1.165) is 12.8 Å². The number of methoxy groups -OCH3 is 1. The maximum Gasteiger partial charge on any atom is 0.310 e. The molecule has 1 rings (SSSR count). The Morgan fingerprint density at radius 2 is 2.24 bits per heavy atom. The smallest absolute Gasteiger partial charge is 0.310 e. The van der Waals surface area contributed by atoms with Gasteiger partial charge in [-0.2, -0.15) is 0 Å². The van der Waals surface area contributed by atoms with Crippen LogP contribution in [-0.2, 0) is 0 Å². The van der Waals surface area contributed by atoms with Crippen LogP contribution in [0, 0.1) is 16.0 Å². The van der Waals surface area contributed by atoms with E-state index in [9.17, 15) is 14.9 Å². The van der Waals surface area contributed by atoms with E-state index < -0.39 is 4.92 Å². The summed E-state index contributed by atoms with van der Waals surface area (Å²) in [7, 11) is 1.32. The monoisotopic (exact) mass is 296 g/mol. The summed E-state index contributed by atoms with van der Waals surface area (Å²) in [6.45, 7) is 2.55. The van der Waals surface area contributed by atoms with E-state index in [1.807, 2.05) is 6.92 Å². The minimum atomic E-state index is -0.559. The van der Waals surface area contributed by atoms with Crippen LogP contribution in [-0.4, -0.2) is 36.2 Å². The predicted molar refractivity (Wildman–Crippen MR) is 77.5 cm³/mol. The van der Waals surface area contributed by atoms with Gasteiger partial charge in [0.25, 0.3) is 5.91 Å². The Balaban J connectivity index is 2.60. The lowest BCUT2D eigenvalue weighted by Crippen LogP contribution is -2.25. The lowest BCUT2D eigenvalue weighted by atomic mass is 10.1. The van der Waals surface area contributed by atoms with Crippen LogP contribution in [0.2, 0.25) is 0 Å². The standard InChI is InChI=1S/C14H20N2O5/c1-10(9-17)4-3-7-15-14(18)11-5-6-12(16(19)20)13(8-11)21-2/h5-6,8,10,17H,3-4,7,9H2,1-2H3,(H,15,18). The van der Waals surface area contributed by atoms with Gasteiger partial charge in [0.1, 0.15) is 0 Å². The molecule has 0 aliphatic rings. The average Bonchev–Trinajstić information content (AvgIpc) is 2.50. The average molecular weight is 296 g/mol. The number of hydrogen-bond acceptors (Lipinski definition) is 5. The summed E-state index contributed by atoms with van der Waals surface area (Å²) >= 11 is 0. The molecule has 7 heteroatoms. The molecule has 0 radical (unpaired) electrons. The first-order valence-corrected chi connectivity index (χ1v) is 6.71. The number of carbonyl (C=O) groups is 1. The lowest BCUT2D eigenvalue weighted by Gasteiger charge is -2.09. The number of aliphatic hydroxyl groups is 1. The molecule has 21 heavy (non-hydrogen) atoms. The summed E-state index contributed by atoms with van der Waals surface area (Å²) in [5, 5.41) is 22.4.